The van der Waals surface area contributed by atoms with E-state index in [1.807, 2.05) is 50.2 Å². The molecule has 1 N–H and O–H groups in total. The number of carbonyl (C=O) groups excluding carboxylic acids is 2. The predicted octanol–water partition coefficient (Wildman–Crippen LogP) is 3.71. The topological polar surface area (TPSA) is 88.3 Å². The van der Waals surface area contributed by atoms with Crippen LogP contribution >= 0.6 is 0 Å². The van der Waals surface area contributed by atoms with E-state index in [1.165, 1.54) is 0 Å². The minimum absolute atomic E-state index is 0.132. The zero-order chi connectivity index (χ0) is 22.5. The van der Waals surface area contributed by atoms with E-state index < -0.39 is 6.04 Å². The van der Waals surface area contributed by atoms with Gasteiger partial charge in [0.15, 0.2) is 11.5 Å². The van der Waals surface area contributed by atoms with Crippen LogP contribution in [0.25, 0.3) is 11.3 Å². The molecule has 1 atom stereocenters. The summed E-state index contributed by atoms with van der Waals surface area (Å²) in [5.74, 6) is 0.157. The van der Waals surface area contributed by atoms with Crippen molar-refractivity contribution in [3.63, 3.8) is 0 Å². The molecule has 0 unspecified atom stereocenters. The summed E-state index contributed by atoms with van der Waals surface area (Å²) in [6, 6.07) is 13.0. The molecule has 7 heteroatoms. The van der Waals surface area contributed by atoms with Crippen LogP contribution in [0.3, 0.4) is 0 Å². The molecule has 1 aliphatic rings. The fraction of sp³-hybridized carbons (Fsp3) is 0.360. The molecule has 0 spiro atoms. The number of carbonyl (C=O) groups is 2. The van der Waals surface area contributed by atoms with Crippen LogP contribution in [0.5, 0.6) is 0 Å². The Morgan fingerprint density at radius 1 is 1.16 bits per heavy atom. The molecular weight excluding hydrogens is 404 g/mol. The van der Waals surface area contributed by atoms with Crippen LogP contribution in [0.15, 0.2) is 53.2 Å². The predicted molar refractivity (Wildman–Crippen MR) is 121 cm³/mol. The lowest BCUT2D eigenvalue weighted by Crippen LogP contribution is -2.52. The van der Waals surface area contributed by atoms with Crippen LogP contribution in [-0.2, 0) is 11.2 Å². The number of nitrogens with zero attached hydrogens (tertiary/aromatic N) is 3. The van der Waals surface area contributed by atoms with Crippen molar-refractivity contribution in [3.05, 3.63) is 71.2 Å². The van der Waals surface area contributed by atoms with Gasteiger partial charge in [0, 0.05) is 43.0 Å². The van der Waals surface area contributed by atoms with Crippen LogP contribution in [0.2, 0.25) is 0 Å². The van der Waals surface area contributed by atoms with Crippen LogP contribution in [0.1, 0.15) is 46.6 Å². The summed E-state index contributed by atoms with van der Waals surface area (Å²) in [5, 5.41) is 6.99. The highest BCUT2D eigenvalue weighted by molar-refractivity contribution is 5.97. The molecule has 1 fully saturated rings. The molecule has 3 heterocycles. The van der Waals surface area contributed by atoms with E-state index in [1.54, 1.807) is 17.2 Å². The lowest BCUT2D eigenvalue weighted by Gasteiger charge is -2.34. The van der Waals surface area contributed by atoms with Crippen LogP contribution in [0.4, 0.5) is 0 Å². The fourth-order valence-electron chi connectivity index (χ4n) is 4.08. The molecule has 0 bridgehead atoms. The SMILES string of the molecule is Cc1ccc(C)c(-c2cc(C(=O)N3CCCC[C@H]3C(=O)NCCc3ccccn3)no2)c1. The summed E-state index contributed by atoms with van der Waals surface area (Å²) in [4.78, 5) is 32.0. The standard InChI is InChI=1S/C25H28N4O3/c1-17-9-10-18(2)20(15-17)23-16-21(28-32-23)25(31)29-14-6-4-8-22(29)24(30)27-13-11-19-7-3-5-12-26-19/h3,5,7,9-10,12,15-16,22H,4,6,8,11,13-14H2,1-2H3,(H,27,30)/t22-/m0/s1. The molecule has 166 valence electrons. The highest BCUT2D eigenvalue weighted by Crippen LogP contribution is 2.27. The van der Waals surface area contributed by atoms with E-state index in [4.69, 9.17) is 4.52 Å². The molecule has 1 saturated heterocycles. The zero-order valence-corrected chi connectivity index (χ0v) is 18.5. The van der Waals surface area contributed by atoms with Gasteiger partial charge in [0.25, 0.3) is 5.91 Å². The third kappa shape index (κ3) is 4.88. The number of piperidine rings is 1. The molecule has 2 aromatic heterocycles. The van der Waals surface area contributed by atoms with Crippen molar-refractivity contribution in [3.8, 4) is 11.3 Å². The Bertz CT molecular complexity index is 1090. The first kappa shape index (κ1) is 21.7. The number of aromatic nitrogens is 2. The molecule has 0 aliphatic carbocycles. The van der Waals surface area contributed by atoms with Crippen molar-refractivity contribution in [2.75, 3.05) is 13.1 Å². The second kappa shape index (κ2) is 9.77. The summed E-state index contributed by atoms with van der Waals surface area (Å²) in [6.07, 6.45) is 4.81. The minimum Gasteiger partial charge on any atom is -0.355 e. The van der Waals surface area contributed by atoms with E-state index in [2.05, 4.69) is 15.5 Å². The number of rotatable bonds is 6. The maximum absolute atomic E-state index is 13.2. The molecule has 32 heavy (non-hydrogen) atoms. The summed E-state index contributed by atoms with van der Waals surface area (Å²) < 4.78 is 5.50. The number of hydrogen-bond donors (Lipinski definition) is 1. The van der Waals surface area contributed by atoms with Crippen molar-refractivity contribution in [2.24, 2.45) is 0 Å². The average molecular weight is 433 g/mol. The first-order valence-electron chi connectivity index (χ1n) is 11.1. The van der Waals surface area contributed by atoms with Crippen molar-refractivity contribution in [1.82, 2.24) is 20.4 Å². The quantitative estimate of drug-likeness (QED) is 0.642. The van der Waals surface area contributed by atoms with Crippen molar-refractivity contribution in [1.29, 1.82) is 0 Å². The monoisotopic (exact) mass is 432 g/mol. The summed E-state index contributed by atoms with van der Waals surface area (Å²) in [7, 11) is 0. The molecule has 1 aliphatic heterocycles. The number of nitrogens with one attached hydrogen (secondary N) is 1. The Hall–Kier alpha value is -3.48. The maximum Gasteiger partial charge on any atom is 0.276 e. The van der Waals surface area contributed by atoms with E-state index in [9.17, 15) is 9.59 Å². The maximum atomic E-state index is 13.2. The van der Waals surface area contributed by atoms with Gasteiger partial charge in [0.1, 0.15) is 6.04 Å². The first-order valence-corrected chi connectivity index (χ1v) is 11.1. The van der Waals surface area contributed by atoms with Gasteiger partial charge in [0.05, 0.1) is 0 Å². The average Bonchev–Trinajstić information content (AvgIpc) is 3.31. The largest absolute Gasteiger partial charge is 0.355 e. The Morgan fingerprint density at radius 3 is 2.84 bits per heavy atom. The van der Waals surface area contributed by atoms with Gasteiger partial charge in [0.2, 0.25) is 5.91 Å². The minimum atomic E-state index is -0.499. The summed E-state index contributed by atoms with van der Waals surface area (Å²) in [6.45, 7) is 5.02. The van der Waals surface area contributed by atoms with Crippen LogP contribution in [0, 0.1) is 13.8 Å². The van der Waals surface area contributed by atoms with E-state index >= 15 is 0 Å². The van der Waals surface area contributed by atoms with Crippen LogP contribution < -0.4 is 5.32 Å². The van der Waals surface area contributed by atoms with Gasteiger partial charge in [-0.25, -0.2) is 0 Å². The van der Waals surface area contributed by atoms with Gasteiger partial charge in [-0.05, 0) is 56.9 Å². The van der Waals surface area contributed by atoms with Gasteiger partial charge in [-0.15, -0.1) is 0 Å². The molecule has 4 rings (SSSR count). The molecule has 7 nitrogen and oxygen atoms in total. The van der Waals surface area contributed by atoms with E-state index in [-0.39, 0.29) is 17.5 Å². The van der Waals surface area contributed by atoms with Crippen molar-refractivity contribution in [2.45, 2.75) is 45.6 Å². The number of aryl methyl sites for hydroxylation is 2. The van der Waals surface area contributed by atoms with Crippen molar-refractivity contribution >= 4 is 11.8 Å². The van der Waals surface area contributed by atoms with Gasteiger partial charge in [-0.3, -0.25) is 14.6 Å². The molecule has 3 aromatic rings. The van der Waals surface area contributed by atoms with Crippen molar-refractivity contribution < 1.29 is 14.1 Å². The molecule has 0 radical (unpaired) electrons. The smallest absolute Gasteiger partial charge is 0.276 e. The Morgan fingerprint density at radius 2 is 2.03 bits per heavy atom. The highest BCUT2D eigenvalue weighted by Gasteiger charge is 2.34. The second-order valence-electron chi connectivity index (χ2n) is 8.27. The summed E-state index contributed by atoms with van der Waals surface area (Å²) in [5.41, 5.74) is 4.22. The fourth-order valence-corrected chi connectivity index (χ4v) is 4.08. The van der Waals surface area contributed by atoms with Gasteiger partial charge >= 0.3 is 0 Å². The van der Waals surface area contributed by atoms with Gasteiger partial charge in [-0.2, -0.15) is 0 Å². The van der Waals surface area contributed by atoms with Gasteiger partial charge in [-0.1, -0.05) is 28.9 Å². The Kier molecular flexibility index (Phi) is 6.63. The third-order valence-corrected chi connectivity index (χ3v) is 5.86. The lowest BCUT2D eigenvalue weighted by atomic mass is 10.00. The molecule has 2 amide bonds. The Labute approximate surface area is 187 Å². The normalized spacial score (nSPS) is 16.1. The molecule has 1 aromatic carbocycles. The molecular formula is C25H28N4O3. The van der Waals surface area contributed by atoms with E-state index in [0.29, 0.717) is 31.7 Å². The number of benzene rings is 1. The number of pyridine rings is 1. The van der Waals surface area contributed by atoms with Crippen LogP contribution in [-0.4, -0.2) is 46.0 Å². The Balaban J connectivity index is 1.44. The number of likely N-dealkylation sites (tertiary alicyclic amines) is 1. The van der Waals surface area contributed by atoms with E-state index in [0.717, 1.165) is 35.2 Å². The number of hydrogen-bond acceptors (Lipinski definition) is 5. The third-order valence-electron chi connectivity index (χ3n) is 5.86. The second-order valence-corrected chi connectivity index (χ2v) is 8.27. The first-order chi connectivity index (χ1) is 15.5. The summed E-state index contributed by atoms with van der Waals surface area (Å²) >= 11 is 0. The highest BCUT2D eigenvalue weighted by atomic mass is 16.5. The lowest BCUT2D eigenvalue weighted by molar-refractivity contribution is -0.126. The van der Waals surface area contributed by atoms with Gasteiger partial charge < -0.3 is 14.7 Å². The number of amides is 2. The molecule has 0 saturated carbocycles. The zero-order valence-electron chi connectivity index (χ0n) is 18.5.